The van der Waals surface area contributed by atoms with Gasteiger partial charge in [0.15, 0.2) is 5.65 Å². The van der Waals surface area contributed by atoms with Crippen LogP contribution in [-0.4, -0.2) is 62.5 Å². The van der Waals surface area contributed by atoms with Gasteiger partial charge >= 0.3 is 0 Å². The molecule has 0 spiro atoms. The van der Waals surface area contributed by atoms with Gasteiger partial charge in [-0.2, -0.15) is 5.10 Å². The number of rotatable bonds is 4. The fraction of sp³-hybridized carbons (Fsp3) is 0.682. The molecule has 0 bridgehead atoms. The highest BCUT2D eigenvalue weighted by Crippen LogP contribution is 2.32. The number of amides is 1. The molecule has 1 aliphatic heterocycles. The van der Waals surface area contributed by atoms with E-state index in [1.165, 1.54) is 19.4 Å². The molecular formula is C22H33N5O. The van der Waals surface area contributed by atoms with Gasteiger partial charge < -0.3 is 4.90 Å². The Hall–Kier alpha value is -1.95. The Bertz CT molecular complexity index is 883. The van der Waals surface area contributed by atoms with Gasteiger partial charge in [0, 0.05) is 43.6 Å². The highest BCUT2D eigenvalue weighted by molar-refractivity contribution is 6.01. The Morgan fingerprint density at radius 1 is 1.21 bits per heavy atom. The summed E-state index contributed by atoms with van der Waals surface area (Å²) in [6, 6.07) is 2.43. The molecule has 4 rings (SSSR count). The molecule has 0 aromatic carbocycles. The number of nitrogens with zero attached hydrogens (tertiary/aromatic N) is 5. The number of hydrogen-bond acceptors (Lipinski definition) is 4. The van der Waals surface area contributed by atoms with Crippen molar-refractivity contribution in [2.24, 2.45) is 11.8 Å². The van der Waals surface area contributed by atoms with E-state index < -0.39 is 0 Å². The molecule has 6 nitrogen and oxygen atoms in total. The molecule has 0 radical (unpaired) electrons. The Labute approximate surface area is 167 Å². The van der Waals surface area contributed by atoms with E-state index in [0.717, 1.165) is 49.1 Å². The van der Waals surface area contributed by atoms with E-state index in [2.05, 4.69) is 33.7 Å². The minimum atomic E-state index is 0.0870. The summed E-state index contributed by atoms with van der Waals surface area (Å²) in [5.74, 6) is 1.49. The van der Waals surface area contributed by atoms with E-state index in [1.807, 2.05) is 31.4 Å². The van der Waals surface area contributed by atoms with E-state index in [0.29, 0.717) is 23.2 Å². The second-order valence-electron chi connectivity index (χ2n) is 9.09. The summed E-state index contributed by atoms with van der Waals surface area (Å²) >= 11 is 0. The van der Waals surface area contributed by atoms with Gasteiger partial charge in [-0.25, -0.2) is 9.50 Å². The molecule has 0 unspecified atom stereocenters. The van der Waals surface area contributed by atoms with Crippen LogP contribution in [0.5, 0.6) is 0 Å². The molecule has 28 heavy (non-hydrogen) atoms. The van der Waals surface area contributed by atoms with Crippen molar-refractivity contribution in [2.75, 3.05) is 26.2 Å². The molecule has 6 heteroatoms. The topological polar surface area (TPSA) is 53.7 Å². The first-order valence-corrected chi connectivity index (χ1v) is 10.7. The number of aromatic nitrogens is 3. The molecule has 1 aliphatic carbocycles. The molecule has 2 aromatic heterocycles. The van der Waals surface area contributed by atoms with Gasteiger partial charge in [-0.05, 0) is 57.9 Å². The Balaban J connectivity index is 1.64. The molecule has 1 atom stereocenters. The summed E-state index contributed by atoms with van der Waals surface area (Å²) in [7, 11) is 0. The fourth-order valence-corrected chi connectivity index (χ4v) is 4.57. The van der Waals surface area contributed by atoms with E-state index in [-0.39, 0.29) is 5.91 Å². The second-order valence-corrected chi connectivity index (χ2v) is 9.09. The molecule has 0 N–H and O–H groups in total. The lowest BCUT2D eigenvalue weighted by Gasteiger charge is -2.34. The quantitative estimate of drug-likeness (QED) is 0.813. The summed E-state index contributed by atoms with van der Waals surface area (Å²) in [5, 5.41) is 4.61. The standard InChI is InChI=1S/C22H33N5O/c1-14(2)19-13-26(10-6-9-25(19)12-18-7-8-18)22(28)20-17(5)24-27-16(4)11-15(3)23-21(20)27/h11,14,18-19H,6-10,12-13H2,1-5H3/t19-/m0/s1. The zero-order valence-electron chi connectivity index (χ0n) is 17.9. The van der Waals surface area contributed by atoms with Crippen LogP contribution in [-0.2, 0) is 0 Å². The van der Waals surface area contributed by atoms with Crippen molar-refractivity contribution in [2.45, 2.75) is 59.9 Å². The number of aryl methyl sites for hydroxylation is 3. The van der Waals surface area contributed by atoms with Crippen LogP contribution in [0, 0.1) is 32.6 Å². The first-order chi connectivity index (χ1) is 13.3. The minimum absolute atomic E-state index is 0.0870. The molecule has 1 saturated heterocycles. The monoisotopic (exact) mass is 383 g/mol. The fourth-order valence-electron chi connectivity index (χ4n) is 4.57. The van der Waals surface area contributed by atoms with E-state index in [4.69, 9.17) is 0 Å². The van der Waals surface area contributed by atoms with Crippen LogP contribution >= 0.6 is 0 Å². The average molecular weight is 384 g/mol. The third-order valence-electron chi connectivity index (χ3n) is 6.28. The van der Waals surface area contributed by atoms with Crippen molar-refractivity contribution < 1.29 is 4.79 Å². The van der Waals surface area contributed by atoms with Crippen LogP contribution in [0.3, 0.4) is 0 Å². The largest absolute Gasteiger partial charge is 0.337 e. The summed E-state index contributed by atoms with van der Waals surface area (Å²) in [6.45, 7) is 14.4. The van der Waals surface area contributed by atoms with Gasteiger partial charge in [0.1, 0.15) is 5.56 Å². The summed E-state index contributed by atoms with van der Waals surface area (Å²) in [5.41, 5.74) is 4.07. The predicted octanol–water partition coefficient (Wildman–Crippen LogP) is 3.24. The smallest absolute Gasteiger partial charge is 0.259 e. The Morgan fingerprint density at radius 3 is 2.64 bits per heavy atom. The SMILES string of the molecule is Cc1cc(C)n2nc(C)c(C(=O)N3CCCN(CC4CC4)[C@H](C(C)C)C3)c2n1. The number of carbonyl (C=O) groups is 1. The van der Waals surface area contributed by atoms with Crippen molar-refractivity contribution in [3.05, 3.63) is 28.7 Å². The normalized spacial score (nSPS) is 21.5. The minimum Gasteiger partial charge on any atom is -0.337 e. The lowest BCUT2D eigenvalue weighted by molar-refractivity contribution is 0.0705. The van der Waals surface area contributed by atoms with Gasteiger partial charge in [-0.3, -0.25) is 9.69 Å². The van der Waals surface area contributed by atoms with E-state index >= 15 is 0 Å². The van der Waals surface area contributed by atoms with Crippen LogP contribution in [0.1, 0.15) is 60.5 Å². The molecule has 2 fully saturated rings. The molecule has 3 heterocycles. The summed E-state index contributed by atoms with van der Waals surface area (Å²) in [4.78, 5) is 23.0. The van der Waals surface area contributed by atoms with Gasteiger partial charge in [0.25, 0.3) is 5.91 Å². The van der Waals surface area contributed by atoms with Crippen LogP contribution in [0.2, 0.25) is 0 Å². The molecular weight excluding hydrogens is 350 g/mol. The highest BCUT2D eigenvalue weighted by Gasteiger charge is 2.34. The first-order valence-electron chi connectivity index (χ1n) is 10.7. The lowest BCUT2D eigenvalue weighted by atomic mass is 10.0. The third kappa shape index (κ3) is 3.66. The highest BCUT2D eigenvalue weighted by atomic mass is 16.2. The predicted molar refractivity (Wildman–Crippen MR) is 111 cm³/mol. The second kappa shape index (κ2) is 7.47. The van der Waals surface area contributed by atoms with Gasteiger partial charge in [-0.1, -0.05) is 13.8 Å². The molecule has 1 saturated carbocycles. The summed E-state index contributed by atoms with van der Waals surface area (Å²) in [6.07, 6.45) is 3.78. The van der Waals surface area contributed by atoms with E-state index in [9.17, 15) is 4.79 Å². The lowest BCUT2D eigenvalue weighted by Crippen LogP contribution is -2.46. The molecule has 1 amide bonds. The zero-order chi connectivity index (χ0) is 20.0. The van der Waals surface area contributed by atoms with E-state index in [1.54, 1.807) is 0 Å². The van der Waals surface area contributed by atoms with Crippen molar-refractivity contribution >= 4 is 11.6 Å². The number of carbonyl (C=O) groups excluding carboxylic acids is 1. The number of fused-ring (bicyclic) bond motifs is 1. The van der Waals surface area contributed by atoms with Gasteiger partial charge in [0.2, 0.25) is 0 Å². The molecule has 152 valence electrons. The van der Waals surface area contributed by atoms with Gasteiger partial charge in [-0.15, -0.1) is 0 Å². The maximum absolute atomic E-state index is 13.6. The Morgan fingerprint density at radius 2 is 1.96 bits per heavy atom. The molecule has 2 aromatic rings. The van der Waals surface area contributed by atoms with Crippen LogP contribution in [0.25, 0.3) is 5.65 Å². The zero-order valence-corrected chi connectivity index (χ0v) is 17.9. The van der Waals surface area contributed by atoms with Crippen molar-refractivity contribution in [1.82, 2.24) is 24.4 Å². The average Bonchev–Trinajstić information content (AvgIpc) is 3.40. The van der Waals surface area contributed by atoms with Crippen LogP contribution < -0.4 is 0 Å². The summed E-state index contributed by atoms with van der Waals surface area (Å²) < 4.78 is 1.81. The van der Waals surface area contributed by atoms with Crippen molar-refractivity contribution in [3.8, 4) is 0 Å². The number of hydrogen-bond donors (Lipinski definition) is 0. The van der Waals surface area contributed by atoms with Crippen molar-refractivity contribution in [1.29, 1.82) is 0 Å². The third-order valence-corrected chi connectivity index (χ3v) is 6.28. The first kappa shape index (κ1) is 19.4. The maximum atomic E-state index is 13.6. The maximum Gasteiger partial charge on any atom is 0.259 e. The van der Waals surface area contributed by atoms with Crippen LogP contribution in [0.15, 0.2) is 6.07 Å². The Kier molecular flexibility index (Phi) is 5.17. The van der Waals surface area contributed by atoms with Gasteiger partial charge in [0.05, 0.1) is 5.69 Å². The van der Waals surface area contributed by atoms with Crippen LogP contribution in [0.4, 0.5) is 0 Å². The molecule has 2 aliphatic rings. The van der Waals surface area contributed by atoms with Crippen molar-refractivity contribution in [3.63, 3.8) is 0 Å².